The molecule has 0 bridgehead atoms. The van der Waals surface area contributed by atoms with Crippen LogP contribution in [0, 0.1) is 5.92 Å². The quantitative estimate of drug-likeness (QED) is 0.606. The topological polar surface area (TPSA) is 52.6 Å². The minimum atomic E-state index is -0.662. The Morgan fingerprint density at radius 1 is 1.44 bits per heavy atom. The average Bonchev–Trinajstić information content (AvgIpc) is 2.39. The summed E-state index contributed by atoms with van der Waals surface area (Å²) in [6.45, 7) is 2.04. The van der Waals surface area contributed by atoms with Crippen LogP contribution >= 0.6 is 0 Å². The molecule has 0 amide bonds. The Kier molecular flexibility index (Phi) is 3.65. The number of hydrogen-bond donors (Lipinski definition) is 0. The van der Waals surface area contributed by atoms with Gasteiger partial charge in [0.25, 0.3) is 0 Å². The van der Waals surface area contributed by atoms with E-state index in [-0.39, 0.29) is 5.78 Å². The van der Waals surface area contributed by atoms with Gasteiger partial charge in [0, 0.05) is 5.56 Å². The summed E-state index contributed by atoms with van der Waals surface area (Å²) >= 11 is 0. The number of ketones is 1. The first kappa shape index (κ1) is 12.6. The zero-order chi connectivity index (χ0) is 13.1. The SMILES string of the molecule is CCOC(=O)[C@@H]1CCc2ccc(OC)cc2C1=O. The van der Waals surface area contributed by atoms with Gasteiger partial charge in [0.1, 0.15) is 11.7 Å². The van der Waals surface area contributed by atoms with Gasteiger partial charge in [-0.25, -0.2) is 0 Å². The molecule has 0 aliphatic heterocycles. The molecule has 0 N–H and O–H groups in total. The van der Waals surface area contributed by atoms with Gasteiger partial charge in [-0.05, 0) is 37.5 Å². The first-order valence-corrected chi connectivity index (χ1v) is 6.05. The van der Waals surface area contributed by atoms with Crippen LogP contribution in [0.25, 0.3) is 0 Å². The molecule has 0 fully saturated rings. The highest BCUT2D eigenvalue weighted by Gasteiger charge is 2.33. The maximum absolute atomic E-state index is 12.2. The molecule has 1 aliphatic rings. The van der Waals surface area contributed by atoms with E-state index in [9.17, 15) is 9.59 Å². The van der Waals surface area contributed by atoms with Gasteiger partial charge >= 0.3 is 5.97 Å². The summed E-state index contributed by atoms with van der Waals surface area (Å²) in [6.07, 6.45) is 1.24. The molecule has 1 atom stereocenters. The Morgan fingerprint density at radius 2 is 2.22 bits per heavy atom. The number of esters is 1. The highest BCUT2D eigenvalue weighted by Crippen LogP contribution is 2.29. The molecule has 0 saturated heterocycles. The molecule has 2 rings (SSSR count). The second-order valence-electron chi connectivity index (χ2n) is 4.23. The van der Waals surface area contributed by atoms with Crippen molar-refractivity contribution in [2.45, 2.75) is 19.8 Å². The maximum atomic E-state index is 12.2. The molecular weight excluding hydrogens is 232 g/mol. The number of ether oxygens (including phenoxy) is 2. The summed E-state index contributed by atoms with van der Waals surface area (Å²) < 4.78 is 10.0. The lowest BCUT2D eigenvalue weighted by molar-refractivity contribution is -0.146. The number of hydrogen-bond acceptors (Lipinski definition) is 4. The van der Waals surface area contributed by atoms with E-state index in [4.69, 9.17) is 9.47 Å². The van der Waals surface area contributed by atoms with Gasteiger partial charge in [-0.3, -0.25) is 9.59 Å². The van der Waals surface area contributed by atoms with Gasteiger partial charge in [-0.15, -0.1) is 0 Å². The third kappa shape index (κ3) is 2.23. The van der Waals surface area contributed by atoms with Crippen LogP contribution in [0.3, 0.4) is 0 Å². The summed E-state index contributed by atoms with van der Waals surface area (Å²) in [5.41, 5.74) is 1.56. The van der Waals surface area contributed by atoms with Crippen LogP contribution in [0.2, 0.25) is 0 Å². The summed E-state index contributed by atoms with van der Waals surface area (Å²) in [5.74, 6) is -0.610. The van der Waals surface area contributed by atoms with Crippen molar-refractivity contribution >= 4 is 11.8 Å². The van der Waals surface area contributed by atoms with Crippen molar-refractivity contribution < 1.29 is 19.1 Å². The zero-order valence-electron chi connectivity index (χ0n) is 10.6. The highest BCUT2D eigenvalue weighted by molar-refractivity contribution is 6.10. The summed E-state index contributed by atoms with van der Waals surface area (Å²) in [6, 6.07) is 5.41. The largest absolute Gasteiger partial charge is 0.497 e. The molecule has 0 radical (unpaired) electrons. The summed E-state index contributed by atoms with van der Waals surface area (Å²) in [4.78, 5) is 23.9. The Morgan fingerprint density at radius 3 is 2.89 bits per heavy atom. The summed E-state index contributed by atoms with van der Waals surface area (Å²) in [5, 5.41) is 0. The maximum Gasteiger partial charge on any atom is 0.316 e. The second kappa shape index (κ2) is 5.21. The lowest BCUT2D eigenvalue weighted by atomic mass is 9.82. The van der Waals surface area contributed by atoms with E-state index >= 15 is 0 Å². The highest BCUT2D eigenvalue weighted by atomic mass is 16.5. The monoisotopic (exact) mass is 248 g/mol. The van der Waals surface area contributed by atoms with Crippen molar-refractivity contribution in [2.24, 2.45) is 5.92 Å². The molecule has 0 heterocycles. The van der Waals surface area contributed by atoms with Crippen molar-refractivity contribution in [3.63, 3.8) is 0 Å². The van der Waals surface area contributed by atoms with Gasteiger partial charge in [0.2, 0.25) is 0 Å². The molecule has 4 heteroatoms. The van der Waals surface area contributed by atoms with Crippen LogP contribution in [0.15, 0.2) is 18.2 Å². The van der Waals surface area contributed by atoms with Crippen LogP contribution < -0.4 is 4.74 Å². The van der Waals surface area contributed by atoms with Crippen molar-refractivity contribution in [1.82, 2.24) is 0 Å². The lowest BCUT2D eigenvalue weighted by Crippen LogP contribution is -2.31. The third-order valence-corrected chi connectivity index (χ3v) is 3.17. The molecule has 0 aromatic heterocycles. The number of carbonyl (C=O) groups excluding carboxylic acids is 2. The molecule has 1 aromatic carbocycles. The van der Waals surface area contributed by atoms with Gasteiger partial charge < -0.3 is 9.47 Å². The fourth-order valence-corrected chi connectivity index (χ4v) is 2.22. The van der Waals surface area contributed by atoms with E-state index in [1.54, 1.807) is 20.1 Å². The van der Waals surface area contributed by atoms with E-state index < -0.39 is 11.9 Å². The van der Waals surface area contributed by atoms with Gasteiger partial charge in [-0.2, -0.15) is 0 Å². The smallest absolute Gasteiger partial charge is 0.316 e. The van der Waals surface area contributed by atoms with Gasteiger partial charge in [0.05, 0.1) is 13.7 Å². The summed E-state index contributed by atoms with van der Waals surface area (Å²) in [7, 11) is 1.55. The molecule has 0 saturated carbocycles. The Hall–Kier alpha value is -1.84. The molecule has 18 heavy (non-hydrogen) atoms. The van der Waals surface area contributed by atoms with E-state index in [0.717, 1.165) is 5.56 Å². The molecule has 0 spiro atoms. The van der Waals surface area contributed by atoms with Crippen LogP contribution in [-0.2, 0) is 16.0 Å². The molecular formula is C14H16O4. The molecule has 1 aromatic rings. The fourth-order valence-electron chi connectivity index (χ4n) is 2.22. The number of rotatable bonds is 3. The number of aryl methyl sites for hydroxylation is 1. The normalized spacial score (nSPS) is 18.1. The van der Waals surface area contributed by atoms with Crippen molar-refractivity contribution in [3.8, 4) is 5.75 Å². The van der Waals surface area contributed by atoms with Crippen molar-refractivity contribution in [3.05, 3.63) is 29.3 Å². The lowest BCUT2D eigenvalue weighted by Gasteiger charge is -2.22. The van der Waals surface area contributed by atoms with E-state index in [2.05, 4.69) is 0 Å². The predicted molar refractivity (Wildman–Crippen MR) is 65.8 cm³/mol. The Bertz CT molecular complexity index is 479. The number of methoxy groups -OCH3 is 1. The van der Waals surface area contributed by atoms with Crippen molar-refractivity contribution in [1.29, 1.82) is 0 Å². The minimum absolute atomic E-state index is 0.159. The third-order valence-electron chi connectivity index (χ3n) is 3.17. The zero-order valence-corrected chi connectivity index (χ0v) is 10.6. The number of Topliss-reactive ketones (excluding diaryl/α,β-unsaturated/α-hetero) is 1. The molecule has 1 aliphatic carbocycles. The number of fused-ring (bicyclic) bond motifs is 1. The molecule has 4 nitrogen and oxygen atoms in total. The predicted octanol–water partition coefficient (Wildman–Crippen LogP) is 2.00. The Labute approximate surface area is 106 Å². The molecule has 96 valence electrons. The van der Waals surface area contributed by atoms with E-state index in [1.807, 2.05) is 12.1 Å². The first-order chi connectivity index (χ1) is 8.67. The van der Waals surface area contributed by atoms with E-state index in [0.29, 0.717) is 30.8 Å². The average molecular weight is 248 g/mol. The van der Waals surface area contributed by atoms with Crippen molar-refractivity contribution in [2.75, 3.05) is 13.7 Å². The van der Waals surface area contributed by atoms with Gasteiger partial charge in [-0.1, -0.05) is 6.07 Å². The Balaban J connectivity index is 2.29. The number of carbonyl (C=O) groups is 2. The standard InChI is InChI=1S/C14H16O4/c1-3-18-14(16)11-7-5-9-4-6-10(17-2)8-12(9)13(11)15/h4,6,8,11H,3,5,7H2,1-2H3/t11-/m1/s1. The second-order valence-corrected chi connectivity index (χ2v) is 4.23. The number of benzene rings is 1. The fraction of sp³-hybridized carbons (Fsp3) is 0.429. The van der Waals surface area contributed by atoms with Gasteiger partial charge in [0.15, 0.2) is 5.78 Å². The van der Waals surface area contributed by atoms with Crippen LogP contribution in [0.5, 0.6) is 5.75 Å². The minimum Gasteiger partial charge on any atom is -0.497 e. The van der Waals surface area contributed by atoms with Crippen LogP contribution in [0.1, 0.15) is 29.3 Å². The molecule has 0 unspecified atom stereocenters. The van der Waals surface area contributed by atoms with Crippen LogP contribution in [0.4, 0.5) is 0 Å². The van der Waals surface area contributed by atoms with E-state index in [1.165, 1.54) is 0 Å². The first-order valence-electron chi connectivity index (χ1n) is 6.05. The van der Waals surface area contributed by atoms with Crippen LogP contribution in [-0.4, -0.2) is 25.5 Å².